The molecular weight excluding hydrogens is 801 g/mol. The number of carboxylic acids is 1. The number of carbonyl (C=O) groups is 3. The number of esters is 1. The zero-order valence-electron chi connectivity index (χ0n) is 34.2. The molecule has 0 aromatic heterocycles. The predicted octanol–water partition coefficient (Wildman–Crippen LogP) is 9.82. The van der Waals surface area contributed by atoms with Crippen molar-refractivity contribution in [2.45, 2.75) is 31.6 Å². The molecule has 10 nitrogen and oxygen atoms in total. The molecular formula is C51H44N2O8S. The molecule has 0 atom stereocenters. The minimum atomic E-state index is -4.06. The average Bonchev–Trinajstić information content (AvgIpc) is 3.30. The first-order chi connectivity index (χ1) is 30.0. The van der Waals surface area contributed by atoms with Gasteiger partial charge in [0.15, 0.2) is 0 Å². The van der Waals surface area contributed by atoms with E-state index >= 15 is 0 Å². The maximum Gasteiger partial charge on any atom is 0.342 e. The summed E-state index contributed by atoms with van der Waals surface area (Å²) < 4.78 is 40.5. The van der Waals surface area contributed by atoms with Crippen LogP contribution in [0.5, 0.6) is 5.75 Å². The van der Waals surface area contributed by atoms with Crippen LogP contribution in [0.2, 0.25) is 0 Å². The lowest BCUT2D eigenvalue weighted by molar-refractivity contribution is -0.118. The van der Waals surface area contributed by atoms with Gasteiger partial charge in [-0.25, -0.2) is 18.0 Å². The zero-order valence-corrected chi connectivity index (χ0v) is 35.0. The normalized spacial score (nSPS) is 11.2. The topological polar surface area (TPSA) is 131 Å². The Hall–Kier alpha value is -7.34. The molecule has 0 aliphatic heterocycles. The van der Waals surface area contributed by atoms with E-state index in [0.29, 0.717) is 11.3 Å². The van der Waals surface area contributed by atoms with Gasteiger partial charge in [0, 0.05) is 18.8 Å². The van der Waals surface area contributed by atoms with E-state index in [0.717, 1.165) is 43.2 Å². The highest BCUT2D eigenvalue weighted by molar-refractivity contribution is 7.89. The number of sulfonamides is 1. The maximum atomic E-state index is 14.6. The Morgan fingerprint density at radius 3 is 1.84 bits per heavy atom. The van der Waals surface area contributed by atoms with Gasteiger partial charge in [0.25, 0.3) is 0 Å². The summed E-state index contributed by atoms with van der Waals surface area (Å²) in [6.07, 6.45) is 0. The van der Waals surface area contributed by atoms with Crippen molar-refractivity contribution in [1.29, 1.82) is 0 Å². The van der Waals surface area contributed by atoms with Crippen LogP contribution < -0.4 is 9.64 Å². The molecule has 0 unspecified atom stereocenters. The molecule has 7 aromatic carbocycles. The lowest BCUT2D eigenvalue weighted by Crippen LogP contribution is -2.41. The van der Waals surface area contributed by atoms with E-state index in [2.05, 4.69) is 0 Å². The first-order valence-electron chi connectivity index (χ1n) is 19.8. The summed E-state index contributed by atoms with van der Waals surface area (Å²) in [4.78, 5) is 41.4. The summed E-state index contributed by atoms with van der Waals surface area (Å²) >= 11 is 0. The summed E-state index contributed by atoms with van der Waals surface area (Å²) in [6.45, 7) is 1.51. The van der Waals surface area contributed by atoms with Crippen LogP contribution in [0.25, 0.3) is 22.3 Å². The molecule has 1 N–H and O–H groups in total. The van der Waals surface area contributed by atoms with Crippen molar-refractivity contribution in [2.24, 2.45) is 0 Å². The van der Waals surface area contributed by atoms with Gasteiger partial charge >= 0.3 is 11.9 Å². The Morgan fingerprint density at radius 1 is 0.613 bits per heavy atom. The van der Waals surface area contributed by atoms with Crippen molar-refractivity contribution in [3.05, 3.63) is 209 Å². The molecule has 7 aromatic rings. The van der Waals surface area contributed by atoms with Crippen LogP contribution in [0.4, 0.5) is 5.69 Å². The summed E-state index contributed by atoms with van der Waals surface area (Å²) in [6, 6.07) is 52.0. The van der Waals surface area contributed by atoms with Crippen molar-refractivity contribution in [3.63, 3.8) is 0 Å². The van der Waals surface area contributed by atoms with Gasteiger partial charge in [-0.15, -0.1) is 0 Å². The number of amides is 1. The van der Waals surface area contributed by atoms with Crippen LogP contribution in [-0.4, -0.2) is 49.3 Å². The SMILES string of the molecule is Cc1ccc(S(=O)(=O)N(C)CC(=O)N(Cc2ccc(-c3ccc(C(=O)O)cc3)c(-c3ccccc3)c2)c2ccc(C(=O)OCc3ccccc3)c(OCc3ccccc3)c2)cc1. The molecule has 11 heteroatoms. The minimum Gasteiger partial charge on any atom is -0.488 e. The third-order valence-corrected chi connectivity index (χ3v) is 12.1. The van der Waals surface area contributed by atoms with E-state index < -0.39 is 34.4 Å². The molecule has 0 spiro atoms. The Balaban J connectivity index is 1.28. The quantitative estimate of drug-likeness (QED) is 0.0952. The third kappa shape index (κ3) is 10.3. The van der Waals surface area contributed by atoms with Gasteiger partial charge in [-0.1, -0.05) is 133 Å². The number of hydrogen-bond donors (Lipinski definition) is 1. The second-order valence-electron chi connectivity index (χ2n) is 14.7. The largest absolute Gasteiger partial charge is 0.488 e. The Bertz CT molecular complexity index is 2780. The van der Waals surface area contributed by atoms with Gasteiger partial charge in [-0.2, -0.15) is 4.31 Å². The lowest BCUT2D eigenvalue weighted by Gasteiger charge is -2.27. The second kappa shape index (κ2) is 19.4. The number of benzene rings is 7. The number of nitrogens with zero attached hydrogens (tertiary/aromatic N) is 2. The van der Waals surface area contributed by atoms with Gasteiger partial charge in [0.2, 0.25) is 15.9 Å². The highest BCUT2D eigenvalue weighted by Gasteiger charge is 2.28. The van der Waals surface area contributed by atoms with E-state index in [9.17, 15) is 27.9 Å². The highest BCUT2D eigenvalue weighted by Crippen LogP contribution is 2.35. The summed E-state index contributed by atoms with van der Waals surface area (Å²) in [5, 5.41) is 9.51. The molecule has 0 aliphatic rings. The predicted molar refractivity (Wildman–Crippen MR) is 239 cm³/mol. The molecule has 0 aliphatic carbocycles. The summed E-state index contributed by atoms with van der Waals surface area (Å²) in [5.74, 6) is -2.01. The first kappa shape index (κ1) is 42.8. The number of ether oxygens (including phenoxy) is 2. The van der Waals surface area contributed by atoms with Crippen LogP contribution >= 0.6 is 0 Å². The zero-order chi connectivity index (χ0) is 43.6. The molecule has 0 heterocycles. The van der Waals surface area contributed by atoms with E-state index in [4.69, 9.17) is 9.47 Å². The Labute approximate surface area is 361 Å². The molecule has 312 valence electrons. The van der Waals surface area contributed by atoms with Gasteiger partial charge in [-0.3, -0.25) is 4.79 Å². The number of aryl methyl sites for hydroxylation is 1. The molecule has 0 saturated carbocycles. The number of likely N-dealkylation sites (N-methyl/N-ethyl adjacent to an activating group) is 1. The van der Waals surface area contributed by atoms with Crippen molar-refractivity contribution in [3.8, 4) is 28.0 Å². The average molecular weight is 845 g/mol. The van der Waals surface area contributed by atoms with E-state index in [1.807, 2.05) is 116 Å². The monoisotopic (exact) mass is 844 g/mol. The highest BCUT2D eigenvalue weighted by atomic mass is 32.2. The molecule has 0 radical (unpaired) electrons. The molecule has 0 fully saturated rings. The van der Waals surface area contributed by atoms with Gasteiger partial charge in [0.05, 0.1) is 23.5 Å². The van der Waals surface area contributed by atoms with Gasteiger partial charge in [0.1, 0.15) is 24.5 Å². The van der Waals surface area contributed by atoms with E-state index in [-0.39, 0.29) is 41.5 Å². The fourth-order valence-electron chi connectivity index (χ4n) is 6.85. The number of anilines is 1. The summed E-state index contributed by atoms with van der Waals surface area (Å²) in [7, 11) is -2.69. The van der Waals surface area contributed by atoms with Crippen LogP contribution in [-0.2, 0) is 39.3 Å². The van der Waals surface area contributed by atoms with Crippen molar-refractivity contribution >= 4 is 33.6 Å². The number of carboxylic acid groups (broad SMARTS) is 1. The van der Waals surface area contributed by atoms with Crippen LogP contribution in [0.15, 0.2) is 181 Å². The Kier molecular flexibility index (Phi) is 13.4. The fourth-order valence-corrected chi connectivity index (χ4v) is 7.97. The van der Waals surface area contributed by atoms with Crippen molar-refractivity contribution < 1.29 is 37.4 Å². The van der Waals surface area contributed by atoms with Crippen LogP contribution in [0.1, 0.15) is 43.0 Å². The standard InChI is InChI=1S/C51H44N2O8S/c1-36-18-26-44(27-19-36)62(58,59)52(2)33-49(54)53(32-39-20-28-45(41-21-23-42(24-22-41)50(55)56)47(30-39)40-16-10-5-11-17-40)43-25-29-46(51(57)61-35-38-14-8-4-9-15-38)48(31-43)60-34-37-12-6-3-7-13-37/h3-31H,32-35H2,1-2H3,(H,55,56). The second-order valence-corrected chi connectivity index (χ2v) is 16.7. The molecule has 62 heavy (non-hydrogen) atoms. The number of carbonyl (C=O) groups excluding carboxylic acids is 2. The Morgan fingerprint density at radius 2 is 1.21 bits per heavy atom. The lowest BCUT2D eigenvalue weighted by atomic mass is 9.92. The molecule has 0 saturated heterocycles. The molecule has 7 rings (SSSR count). The molecule has 1 amide bonds. The van der Waals surface area contributed by atoms with Crippen LogP contribution in [0.3, 0.4) is 0 Å². The number of hydrogen-bond acceptors (Lipinski definition) is 7. The van der Waals surface area contributed by atoms with Crippen molar-refractivity contribution in [2.75, 3.05) is 18.5 Å². The first-order valence-corrected chi connectivity index (χ1v) is 21.3. The third-order valence-electron chi connectivity index (χ3n) is 10.3. The summed E-state index contributed by atoms with van der Waals surface area (Å²) in [5.41, 5.74) is 7.30. The molecule has 0 bridgehead atoms. The smallest absolute Gasteiger partial charge is 0.342 e. The van der Waals surface area contributed by atoms with Gasteiger partial charge < -0.3 is 19.5 Å². The maximum absolute atomic E-state index is 14.6. The van der Waals surface area contributed by atoms with Crippen LogP contribution in [0, 0.1) is 6.92 Å². The number of rotatable bonds is 16. The fraction of sp³-hybridized carbons (Fsp3) is 0.118. The van der Waals surface area contributed by atoms with E-state index in [1.165, 1.54) is 24.1 Å². The number of aromatic carboxylic acids is 1. The van der Waals surface area contributed by atoms with Gasteiger partial charge in [-0.05, 0) is 88.3 Å². The van der Waals surface area contributed by atoms with E-state index in [1.54, 1.807) is 54.6 Å². The minimum absolute atomic E-state index is 0.00520. The van der Waals surface area contributed by atoms with Crippen molar-refractivity contribution in [1.82, 2.24) is 4.31 Å².